The Morgan fingerprint density at radius 3 is 2.58 bits per heavy atom. The van der Waals surface area contributed by atoms with E-state index in [4.69, 9.17) is 9.47 Å². The summed E-state index contributed by atoms with van der Waals surface area (Å²) in [5.74, 6) is 0.719. The number of benzene rings is 2. The summed E-state index contributed by atoms with van der Waals surface area (Å²) in [6.45, 7) is 0.138. The molecule has 2 aromatic rings. The summed E-state index contributed by atoms with van der Waals surface area (Å²) in [7, 11) is 3.36. The molecule has 0 radical (unpaired) electrons. The second-order valence-corrected chi connectivity index (χ2v) is 5.63. The number of nitrogens with one attached hydrogen (secondary N) is 1. The molecule has 1 aliphatic heterocycles. The second-order valence-electron chi connectivity index (χ2n) is 5.63. The number of rotatable bonds is 3. The van der Waals surface area contributed by atoms with Gasteiger partial charge in [-0.1, -0.05) is 18.2 Å². The molecule has 1 atom stereocenters. The maximum Gasteiger partial charge on any atom is 0.269 e. The van der Waals surface area contributed by atoms with Crippen LogP contribution in [0, 0.1) is 0 Å². The Hall–Kier alpha value is -3.02. The van der Waals surface area contributed by atoms with Crippen LogP contribution >= 0.6 is 0 Å². The largest absolute Gasteiger partial charge is 0.485 e. The van der Waals surface area contributed by atoms with Crippen molar-refractivity contribution in [2.24, 2.45) is 0 Å². The van der Waals surface area contributed by atoms with Crippen LogP contribution < -0.4 is 14.8 Å². The third-order valence-electron chi connectivity index (χ3n) is 3.58. The summed E-state index contributed by atoms with van der Waals surface area (Å²) in [6.07, 6.45) is -0.742. The van der Waals surface area contributed by atoms with Crippen molar-refractivity contribution in [2.45, 2.75) is 6.10 Å². The van der Waals surface area contributed by atoms with Crippen molar-refractivity contribution >= 4 is 17.5 Å². The topological polar surface area (TPSA) is 67.9 Å². The fourth-order valence-corrected chi connectivity index (χ4v) is 2.36. The van der Waals surface area contributed by atoms with Gasteiger partial charge in [-0.05, 0) is 30.3 Å². The number of nitrogens with zero attached hydrogens (tertiary/aromatic N) is 1. The van der Waals surface area contributed by atoms with E-state index < -0.39 is 6.10 Å². The average Bonchev–Trinajstić information content (AvgIpc) is 2.60. The molecule has 0 fully saturated rings. The van der Waals surface area contributed by atoms with Gasteiger partial charge in [-0.3, -0.25) is 9.59 Å². The normalized spacial score (nSPS) is 15.5. The minimum Gasteiger partial charge on any atom is -0.485 e. The summed E-state index contributed by atoms with van der Waals surface area (Å²) >= 11 is 0. The number of fused-ring (bicyclic) bond motifs is 1. The Balaban J connectivity index is 1.70. The fourth-order valence-electron chi connectivity index (χ4n) is 2.36. The SMILES string of the molecule is CN(C)C(=O)c1cccc(NC(=O)C2COc3ccccc3O2)c1. The first-order chi connectivity index (χ1) is 11.5. The summed E-state index contributed by atoms with van der Waals surface area (Å²) in [4.78, 5) is 25.9. The lowest BCUT2D eigenvalue weighted by atomic mass is 10.1. The van der Waals surface area contributed by atoms with Gasteiger partial charge in [0.1, 0.15) is 6.61 Å². The molecule has 0 saturated carbocycles. The predicted octanol–water partition coefficient (Wildman–Crippen LogP) is 2.17. The molecule has 1 heterocycles. The highest BCUT2D eigenvalue weighted by Gasteiger charge is 2.27. The van der Waals surface area contributed by atoms with Gasteiger partial charge in [0, 0.05) is 25.3 Å². The molecule has 2 aromatic carbocycles. The van der Waals surface area contributed by atoms with Crippen LogP contribution in [0.4, 0.5) is 5.69 Å². The van der Waals surface area contributed by atoms with E-state index in [0.717, 1.165) is 0 Å². The lowest BCUT2D eigenvalue weighted by Crippen LogP contribution is -2.40. The highest BCUT2D eigenvalue weighted by Crippen LogP contribution is 2.31. The second kappa shape index (κ2) is 6.62. The Bertz CT molecular complexity index is 773. The molecule has 1 N–H and O–H groups in total. The van der Waals surface area contributed by atoms with E-state index in [-0.39, 0.29) is 18.4 Å². The smallest absolute Gasteiger partial charge is 0.269 e. The number of para-hydroxylation sites is 2. The fraction of sp³-hybridized carbons (Fsp3) is 0.222. The van der Waals surface area contributed by atoms with E-state index in [0.29, 0.717) is 22.7 Å². The molecule has 1 aliphatic rings. The molecule has 6 heteroatoms. The lowest BCUT2D eigenvalue weighted by Gasteiger charge is -2.25. The summed E-state index contributed by atoms with van der Waals surface area (Å²) in [5.41, 5.74) is 1.04. The zero-order chi connectivity index (χ0) is 17.1. The predicted molar refractivity (Wildman–Crippen MR) is 89.4 cm³/mol. The van der Waals surface area contributed by atoms with E-state index in [2.05, 4.69) is 5.32 Å². The number of hydrogen-bond donors (Lipinski definition) is 1. The van der Waals surface area contributed by atoms with Crippen LogP contribution in [-0.4, -0.2) is 43.5 Å². The van der Waals surface area contributed by atoms with Crippen molar-refractivity contribution in [3.8, 4) is 11.5 Å². The maximum atomic E-state index is 12.4. The molecule has 1 unspecified atom stereocenters. The van der Waals surface area contributed by atoms with Crippen molar-refractivity contribution < 1.29 is 19.1 Å². The quantitative estimate of drug-likeness (QED) is 0.938. The third kappa shape index (κ3) is 3.32. The van der Waals surface area contributed by atoms with Gasteiger partial charge in [0.05, 0.1) is 0 Å². The molecule has 24 heavy (non-hydrogen) atoms. The van der Waals surface area contributed by atoms with Gasteiger partial charge in [-0.15, -0.1) is 0 Å². The number of carbonyl (C=O) groups is 2. The van der Waals surface area contributed by atoms with E-state index in [1.54, 1.807) is 50.5 Å². The van der Waals surface area contributed by atoms with Gasteiger partial charge < -0.3 is 19.7 Å². The Labute approximate surface area is 140 Å². The summed E-state index contributed by atoms with van der Waals surface area (Å²) in [5, 5.41) is 2.76. The van der Waals surface area contributed by atoms with Crippen molar-refractivity contribution in [3.63, 3.8) is 0 Å². The molecule has 0 saturated heterocycles. The molecular weight excluding hydrogens is 308 g/mol. The van der Waals surface area contributed by atoms with Gasteiger partial charge in [0.2, 0.25) is 6.10 Å². The molecule has 2 amide bonds. The van der Waals surface area contributed by atoms with Crippen LogP contribution in [0.1, 0.15) is 10.4 Å². The minimum absolute atomic E-state index is 0.128. The molecule has 0 aliphatic carbocycles. The van der Waals surface area contributed by atoms with Gasteiger partial charge in [-0.2, -0.15) is 0 Å². The molecule has 0 aromatic heterocycles. The van der Waals surface area contributed by atoms with E-state index in [9.17, 15) is 9.59 Å². The van der Waals surface area contributed by atoms with E-state index in [1.807, 2.05) is 12.1 Å². The molecule has 0 bridgehead atoms. The van der Waals surface area contributed by atoms with Gasteiger partial charge in [0.25, 0.3) is 11.8 Å². The Morgan fingerprint density at radius 2 is 1.83 bits per heavy atom. The van der Waals surface area contributed by atoms with E-state index in [1.165, 1.54) is 4.90 Å². The number of anilines is 1. The zero-order valence-corrected chi connectivity index (χ0v) is 13.5. The van der Waals surface area contributed by atoms with Crippen molar-refractivity contribution in [1.29, 1.82) is 0 Å². The van der Waals surface area contributed by atoms with Gasteiger partial charge in [0.15, 0.2) is 11.5 Å². The first-order valence-electron chi connectivity index (χ1n) is 7.55. The maximum absolute atomic E-state index is 12.4. The minimum atomic E-state index is -0.742. The Morgan fingerprint density at radius 1 is 1.08 bits per heavy atom. The van der Waals surface area contributed by atoms with Crippen LogP contribution in [0.15, 0.2) is 48.5 Å². The first kappa shape index (κ1) is 15.9. The molecule has 124 valence electrons. The average molecular weight is 326 g/mol. The van der Waals surface area contributed by atoms with Crippen molar-refractivity contribution in [3.05, 3.63) is 54.1 Å². The highest BCUT2D eigenvalue weighted by molar-refractivity contribution is 5.98. The first-order valence-corrected chi connectivity index (χ1v) is 7.55. The van der Waals surface area contributed by atoms with E-state index >= 15 is 0 Å². The van der Waals surface area contributed by atoms with Crippen LogP contribution in [0.5, 0.6) is 11.5 Å². The number of carbonyl (C=O) groups excluding carboxylic acids is 2. The van der Waals surface area contributed by atoms with Gasteiger partial charge in [-0.25, -0.2) is 0 Å². The van der Waals surface area contributed by atoms with Crippen LogP contribution in [0.2, 0.25) is 0 Å². The number of ether oxygens (including phenoxy) is 2. The summed E-state index contributed by atoms with van der Waals surface area (Å²) < 4.78 is 11.2. The van der Waals surface area contributed by atoms with Crippen LogP contribution in [0.3, 0.4) is 0 Å². The van der Waals surface area contributed by atoms with Gasteiger partial charge >= 0.3 is 0 Å². The molecule has 0 spiro atoms. The third-order valence-corrected chi connectivity index (χ3v) is 3.58. The van der Waals surface area contributed by atoms with Crippen LogP contribution in [-0.2, 0) is 4.79 Å². The highest BCUT2D eigenvalue weighted by atomic mass is 16.6. The standard InChI is InChI=1S/C18H18N2O4/c1-20(2)18(22)12-6-5-7-13(10-12)19-17(21)16-11-23-14-8-3-4-9-15(14)24-16/h3-10,16H,11H2,1-2H3,(H,19,21). The molecular formula is C18H18N2O4. The van der Waals surface area contributed by atoms with Crippen molar-refractivity contribution in [2.75, 3.05) is 26.0 Å². The monoisotopic (exact) mass is 326 g/mol. The summed E-state index contributed by atoms with van der Waals surface area (Å²) in [6, 6.07) is 14.0. The van der Waals surface area contributed by atoms with Crippen molar-refractivity contribution in [1.82, 2.24) is 4.90 Å². The molecule has 6 nitrogen and oxygen atoms in total. The van der Waals surface area contributed by atoms with Crippen LogP contribution in [0.25, 0.3) is 0 Å². The number of amides is 2. The lowest BCUT2D eigenvalue weighted by molar-refractivity contribution is -0.125. The number of hydrogen-bond acceptors (Lipinski definition) is 4. The molecule has 3 rings (SSSR count). The Kier molecular flexibility index (Phi) is 4.37. The zero-order valence-electron chi connectivity index (χ0n) is 13.5.